The van der Waals surface area contributed by atoms with Gasteiger partial charge in [0.25, 0.3) is 0 Å². The quantitative estimate of drug-likeness (QED) is 0.782. The van der Waals surface area contributed by atoms with Gasteiger partial charge in [0.05, 0.1) is 15.9 Å². The summed E-state index contributed by atoms with van der Waals surface area (Å²) < 4.78 is 2.12. The molecule has 104 valence electrons. The van der Waals surface area contributed by atoms with Crippen molar-refractivity contribution in [3.63, 3.8) is 0 Å². The highest BCUT2D eigenvalue weighted by Gasteiger charge is 2.22. The number of halogens is 1. The van der Waals surface area contributed by atoms with Gasteiger partial charge in [-0.2, -0.15) is 5.10 Å². The van der Waals surface area contributed by atoms with Gasteiger partial charge in [0, 0.05) is 5.56 Å². The lowest BCUT2D eigenvalue weighted by atomic mass is 10.1. The molecule has 1 heterocycles. The number of aromatic nitrogens is 2. The van der Waals surface area contributed by atoms with E-state index in [1.807, 2.05) is 60.7 Å². The predicted octanol–water partition coefficient (Wildman–Crippen LogP) is 4.00. The molecule has 0 spiro atoms. The molecule has 4 nitrogen and oxygen atoms in total. The molecular weight excluding hydrogens is 332 g/mol. The fourth-order valence-electron chi connectivity index (χ4n) is 2.14. The molecule has 3 aromatic rings. The van der Waals surface area contributed by atoms with E-state index >= 15 is 0 Å². The van der Waals surface area contributed by atoms with Crippen molar-refractivity contribution < 1.29 is 9.90 Å². The van der Waals surface area contributed by atoms with Crippen LogP contribution in [0.3, 0.4) is 0 Å². The number of carboxylic acids is 1. The fraction of sp³-hybridized carbons (Fsp3) is 0. The third-order valence-electron chi connectivity index (χ3n) is 3.08. The topological polar surface area (TPSA) is 55.1 Å². The minimum absolute atomic E-state index is 0.00212. The van der Waals surface area contributed by atoms with Gasteiger partial charge < -0.3 is 5.11 Å². The molecule has 0 fully saturated rings. The Morgan fingerprint density at radius 2 is 1.57 bits per heavy atom. The zero-order valence-electron chi connectivity index (χ0n) is 10.9. The summed E-state index contributed by atoms with van der Waals surface area (Å²) in [7, 11) is 0. The monoisotopic (exact) mass is 342 g/mol. The lowest BCUT2D eigenvalue weighted by Crippen LogP contribution is -2.02. The highest BCUT2D eigenvalue weighted by molar-refractivity contribution is 9.10. The van der Waals surface area contributed by atoms with E-state index in [4.69, 9.17) is 0 Å². The van der Waals surface area contributed by atoms with E-state index in [-0.39, 0.29) is 5.69 Å². The van der Waals surface area contributed by atoms with Crippen molar-refractivity contribution in [3.8, 4) is 16.9 Å². The Morgan fingerprint density at radius 3 is 2.14 bits per heavy atom. The molecule has 0 saturated heterocycles. The number of carboxylic acid groups (broad SMARTS) is 1. The highest BCUT2D eigenvalue weighted by Crippen LogP contribution is 2.33. The third-order valence-corrected chi connectivity index (χ3v) is 3.83. The second-order valence-electron chi connectivity index (χ2n) is 4.43. The number of hydrogen-bond donors (Lipinski definition) is 1. The number of rotatable bonds is 3. The van der Waals surface area contributed by atoms with Crippen LogP contribution in [0.15, 0.2) is 65.1 Å². The zero-order valence-corrected chi connectivity index (χ0v) is 12.5. The van der Waals surface area contributed by atoms with E-state index in [2.05, 4.69) is 21.0 Å². The first kappa shape index (κ1) is 13.6. The van der Waals surface area contributed by atoms with Crippen molar-refractivity contribution in [2.24, 2.45) is 0 Å². The minimum atomic E-state index is -1.06. The van der Waals surface area contributed by atoms with E-state index in [0.29, 0.717) is 4.47 Å². The zero-order chi connectivity index (χ0) is 14.8. The molecule has 5 heteroatoms. The van der Waals surface area contributed by atoms with Crippen LogP contribution in [0.2, 0.25) is 0 Å². The molecule has 0 amide bonds. The van der Waals surface area contributed by atoms with Gasteiger partial charge in [0.2, 0.25) is 0 Å². The van der Waals surface area contributed by atoms with E-state index in [0.717, 1.165) is 16.9 Å². The van der Waals surface area contributed by atoms with Crippen LogP contribution in [0, 0.1) is 0 Å². The van der Waals surface area contributed by atoms with Crippen LogP contribution in [-0.4, -0.2) is 20.9 Å². The first-order chi connectivity index (χ1) is 10.2. The maximum atomic E-state index is 11.3. The smallest absolute Gasteiger partial charge is 0.357 e. The summed E-state index contributed by atoms with van der Waals surface area (Å²) in [6, 6.07) is 19.0. The molecule has 0 aliphatic carbocycles. The Kier molecular flexibility index (Phi) is 3.58. The summed E-state index contributed by atoms with van der Waals surface area (Å²) in [5, 5.41) is 13.5. The van der Waals surface area contributed by atoms with Crippen molar-refractivity contribution in [3.05, 3.63) is 70.8 Å². The highest BCUT2D eigenvalue weighted by atomic mass is 79.9. The van der Waals surface area contributed by atoms with E-state index in [1.165, 1.54) is 0 Å². The average molecular weight is 343 g/mol. The Balaban J connectivity index is 2.29. The van der Waals surface area contributed by atoms with Gasteiger partial charge in [-0.3, -0.25) is 0 Å². The van der Waals surface area contributed by atoms with Gasteiger partial charge in [-0.1, -0.05) is 48.5 Å². The van der Waals surface area contributed by atoms with Crippen LogP contribution < -0.4 is 0 Å². The summed E-state index contributed by atoms with van der Waals surface area (Å²) in [6.45, 7) is 0. The lowest BCUT2D eigenvalue weighted by molar-refractivity contribution is 0.0689. The molecule has 0 atom stereocenters. The number of hydrogen-bond acceptors (Lipinski definition) is 2. The first-order valence-corrected chi connectivity index (χ1v) is 7.10. The van der Waals surface area contributed by atoms with Crippen LogP contribution >= 0.6 is 15.9 Å². The van der Waals surface area contributed by atoms with Crippen LogP contribution in [0.25, 0.3) is 16.9 Å². The van der Waals surface area contributed by atoms with Gasteiger partial charge in [-0.25, -0.2) is 9.48 Å². The van der Waals surface area contributed by atoms with Gasteiger partial charge >= 0.3 is 5.97 Å². The Hall–Kier alpha value is -2.40. The van der Waals surface area contributed by atoms with Crippen LogP contribution in [0.1, 0.15) is 10.5 Å². The van der Waals surface area contributed by atoms with Crippen molar-refractivity contribution in [1.29, 1.82) is 0 Å². The maximum absolute atomic E-state index is 11.3. The molecule has 0 saturated carbocycles. The largest absolute Gasteiger partial charge is 0.476 e. The second kappa shape index (κ2) is 5.54. The van der Waals surface area contributed by atoms with E-state index < -0.39 is 5.97 Å². The van der Waals surface area contributed by atoms with Crippen molar-refractivity contribution in [2.75, 3.05) is 0 Å². The van der Waals surface area contributed by atoms with E-state index in [9.17, 15) is 9.90 Å². The molecular formula is C16H11BrN2O2. The van der Waals surface area contributed by atoms with E-state index in [1.54, 1.807) is 4.68 Å². The SMILES string of the molecule is O=C(O)c1nn(-c2ccccc2)c(-c2ccccc2)c1Br. The van der Waals surface area contributed by atoms with Crippen LogP contribution in [0.4, 0.5) is 0 Å². The molecule has 0 bridgehead atoms. The standard InChI is InChI=1S/C16H11BrN2O2/c17-13-14(16(20)21)18-19(12-9-5-2-6-10-12)15(13)11-7-3-1-4-8-11/h1-10H,(H,20,21). The predicted molar refractivity (Wildman–Crippen MR) is 83.7 cm³/mol. The molecule has 0 unspecified atom stereocenters. The summed E-state index contributed by atoms with van der Waals surface area (Å²) in [6.07, 6.45) is 0. The summed E-state index contributed by atoms with van der Waals surface area (Å²) >= 11 is 3.37. The fourth-order valence-corrected chi connectivity index (χ4v) is 2.78. The molecule has 0 radical (unpaired) electrons. The van der Waals surface area contributed by atoms with Gasteiger partial charge in [0.15, 0.2) is 5.69 Å². The van der Waals surface area contributed by atoms with Crippen LogP contribution in [0.5, 0.6) is 0 Å². The number of para-hydroxylation sites is 1. The maximum Gasteiger partial charge on any atom is 0.357 e. The number of benzene rings is 2. The summed E-state index contributed by atoms with van der Waals surface area (Å²) in [4.78, 5) is 11.3. The third kappa shape index (κ3) is 2.48. The molecule has 1 aromatic heterocycles. The average Bonchev–Trinajstić information content (AvgIpc) is 2.87. The number of aromatic carboxylic acids is 1. The molecule has 3 rings (SSSR count). The number of carbonyl (C=O) groups is 1. The minimum Gasteiger partial charge on any atom is -0.476 e. The van der Waals surface area contributed by atoms with Crippen LogP contribution in [-0.2, 0) is 0 Å². The van der Waals surface area contributed by atoms with Crippen molar-refractivity contribution in [2.45, 2.75) is 0 Å². The summed E-state index contributed by atoms with van der Waals surface area (Å²) in [5.74, 6) is -1.06. The lowest BCUT2D eigenvalue weighted by Gasteiger charge is -2.07. The molecule has 0 aliphatic rings. The van der Waals surface area contributed by atoms with Gasteiger partial charge in [-0.15, -0.1) is 0 Å². The number of nitrogens with zero attached hydrogens (tertiary/aromatic N) is 2. The van der Waals surface area contributed by atoms with Crippen molar-refractivity contribution in [1.82, 2.24) is 9.78 Å². The molecule has 1 N–H and O–H groups in total. The molecule has 0 aliphatic heterocycles. The summed E-state index contributed by atoms with van der Waals surface area (Å²) in [5.41, 5.74) is 2.43. The second-order valence-corrected chi connectivity index (χ2v) is 5.22. The van der Waals surface area contributed by atoms with Crippen molar-refractivity contribution >= 4 is 21.9 Å². The first-order valence-electron chi connectivity index (χ1n) is 6.31. The molecule has 2 aromatic carbocycles. The molecule has 21 heavy (non-hydrogen) atoms. The normalized spacial score (nSPS) is 10.5. The van der Waals surface area contributed by atoms with Gasteiger partial charge in [0.1, 0.15) is 0 Å². The van der Waals surface area contributed by atoms with Gasteiger partial charge in [-0.05, 0) is 28.1 Å². The Bertz CT molecular complexity index is 783. The Labute approximate surface area is 129 Å². The Morgan fingerprint density at radius 1 is 1.00 bits per heavy atom.